The highest BCUT2D eigenvalue weighted by molar-refractivity contribution is 5.86. The summed E-state index contributed by atoms with van der Waals surface area (Å²) in [5.74, 6) is -0.340. The molecule has 2 aromatic rings. The first kappa shape index (κ1) is 10.2. The van der Waals surface area contributed by atoms with Crippen LogP contribution in [0.4, 0.5) is 4.39 Å². The Hall–Kier alpha value is -1.95. The SMILES string of the molecule is N#Cc1c2c(nc3c(F)cccc13)CCCC2. The average molecular weight is 226 g/mol. The van der Waals surface area contributed by atoms with Gasteiger partial charge in [0.15, 0.2) is 0 Å². The lowest BCUT2D eigenvalue weighted by Crippen LogP contribution is -2.09. The van der Waals surface area contributed by atoms with Gasteiger partial charge in [-0.1, -0.05) is 12.1 Å². The topological polar surface area (TPSA) is 36.7 Å². The smallest absolute Gasteiger partial charge is 0.149 e. The van der Waals surface area contributed by atoms with Gasteiger partial charge in [-0.25, -0.2) is 9.37 Å². The highest BCUT2D eigenvalue weighted by Crippen LogP contribution is 2.29. The number of aromatic nitrogens is 1. The molecular weight excluding hydrogens is 215 g/mol. The van der Waals surface area contributed by atoms with Crippen molar-refractivity contribution in [1.82, 2.24) is 4.98 Å². The lowest BCUT2D eigenvalue weighted by atomic mass is 9.90. The molecule has 0 fully saturated rings. The first-order valence-corrected chi connectivity index (χ1v) is 5.81. The average Bonchev–Trinajstić information content (AvgIpc) is 2.37. The summed E-state index contributed by atoms with van der Waals surface area (Å²) in [4.78, 5) is 4.40. The van der Waals surface area contributed by atoms with Crippen LogP contribution >= 0.6 is 0 Å². The maximum Gasteiger partial charge on any atom is 0.149 e. The van der Waals surface area contributed by atoms with Crippen LogP contribution in [0.15, 0.2) is 18.2 Å². The summed E-state index contributed by atoms with van der Waals surface area (Å²) in [6, 6.07) is 7.02. The zero-order chi connectivity index (χ0) is 11.8. The number of rotatable bonds is 0. The van der Waals surface area contributed by atoms with Crippen LogP contribution in [-0.4, -0.2) is 4.98 Å². The van der Waals surface area contributed by atoms with Crippen molar-refractivity contribution in [3.8, 4) is 6.07 Å². The van der Waals surface area contributed by atoms with Crippen molar-refractivity contribution in [2.24, 2.45) is 0 Å². The third kappa shape index (κ3) is 1.49. The second-order valence-electron chi connectivity index (χ2n) is 4.37. The third-order valence-corrected chi connectivity index (χ3v) is 3.36. The fourth-order valence-electron chi connectivity index (χ4n) is 2.54. The minimum Gasteiger partial charge on any atom is -0.249 e. The Labute approximate surface area is 98.7 Å². The lowest BCUT2D eigenvalue weighted by Gasteiger charge is -2.17. The molecule has 0 atom stereocenters. The number of nitriles is 1. The van der Waals surface area contributed by atoms with Crippen LogP contribution < -0.4 is 0 Å². The molecule has 0 aliphatic heterocycles. The maximum absolute atomic E-state index is 13.7. The molecule has 1 aromatic heterocycles. The van der Waals surface area contributed by atoms with Crippen molar-refractivity contribution in [2.45, 2.75) is 25.7 Å². The molecular formula is C14H11FN2. The van der Waals surface area contributed by atoms with Gasteiger partial charge in [0.1, 0.15) is 17.4 Å². The Morgan fingerprint density at radius 2 is 2.06 bits per heavy atom. The van der Waals surface area contributed by atoms with Gasteiger partial charge in [0.05, 0.1) is 5.56 Å². The molecule has 0 N–H and O–H groups in total. The molecule has 17 heavy (non-hydrogen) atoms. The van der Waals surface area contributed by atoms with Crippen molar-refractivity contribution in [2.75, 3.05) is 0 Å². The van der Waals surface area contributed by atoms with E-state index in [0.29, 0.717) is 16.5 Å². The van der Waals surface area contributed by atoms with Gasteiger partial charge in [0.25, 0.3) is 0 Å². The van der Waals surface area contributed by atoms with E-state index < -0.39 is 0 Å². The van der Waals surface area contributed by atoms with Crippen molar-refractivity contribution in [1.29, 1.82) is 5.26 Å². The number of halogens is 1. The Morgan fingerprint density at radius 1 is 1.24 bits per heavy atom. The quantitative estimate of drug-likeness (QED) is 0.692. The molecule has 0 radical (unpaired) electrons. The number of benzene rings is 1. The molecule has 0 spiro atoms. The molecule has 0 amide bonds. The lowest BCUT2D eigenvalue weighted by molar-refractivity contribution is 0.631. The van der Waals surface area contributed by atoms with E-state index in [4.69, 9.17) is 0 Å². The summed E-state index contributed by atoms with van der Waals surface area (Å²) in [5.41, 5.74) is 2.89. The van der Waals surface area contributed by atoms with Crippen molar-refractivity contribution < 1.29 is 4.39 Å². The minimum atomic E-state index is -0.340. The second-order valence-corrected chi connectivity index (χ2v) is 4.37. The van der Waals surface area contributed by atoms with Gasteiger partial charge >= 0.3 is 0 Å². The first-order chi connectivity index (χ1) is 8.31. The highest BCUT2D eigenvalue weighted by atomic mass is 19.1. The third-order valence-electron chi connectivity index (χ3n) is 3.36. The van der Waals surface area contributed by atoms with Crippen LogP contribution in [0.3, 0.4) is 0 Å². The zero-order valence-corrected chi connectivity index (χ0v) is 9.33. The molecule has 1 heterocycles. The number of nitrogens with zero attached hydrogens (tertiary/aromatic N) is 2. The van der Waals surface area contributed by atoms with Gasteiger partial charge in [0, 0.05) is 11.1 Å². The Kier molecular flexibility index (Phi) is 2.29. The van der Waals surface area contributed by atoms with E-state index in [-0.39, 0.29) is 5.82 Å². The molecule has 2 nitrogen and oxygen atoms in total. The highest BCUT2D eigenvalue weighted by Gasteiger charge is 2.19. The number of aryl methyl sites for hydroxylation is 1. The predicted octanol–water partition coefficient (Wildman–Crippen LogP) is 3.12. The van der Waals surface area contributed by atoms with Crippen LogP contribution in [0, 0.1) is 17.1 Å². The van der Waals surface area contributed by atoms with Crippen LogP contribution in [-0.2, 0) is 12.8 Å². The fourth-order valence-corrected chi connectivity index (χ4v) is 2.54. The standard InChI is InChI=1S/C14H11FN2/c15-12-6-3-5-10-11(8-16)9-4-1-2-7-13(9)17-14(10)12/h3,5-6H,1-2,4,7H2. The van der Waals surface area contributed by atoms with E-state index in [9.17, 15) is 9.65 Å². The largest absolute Gasteiger partial charge is 0.249 e. The van der Waals surface area contributed by atoms with E-state index in [1.165, 1.54) is 6.07 Å². The second kappa shape index (κ2) is 3.81. The van der Waals surface area contributed by atoms with E-state index in [0.717, 1.165) is 36.9 Å². The molecule has 3 heteroatoms. The van der Waals surface area contributed by atoms with Crippen molar-refractivity contribution >= 4 is 10.9 Å². The van der Waals surface area contributed by atoms with Crippen LogP contribution in [0.1, 0.15) is 29.7 Å². The molecule has 0 saturated heterocycles. The maximum atomic E-state index is 13.7. The number of hydrogen-bond acceptors (Lipinski definition) is 2. The van der Waals surface area contributed by atoms with Gasteiger partial charge in [0.2, 0.25) is 0 Å². The van der Waals surface area contributed by atoms with Crippen LogP contribution in [0.25, 0.3) is 10.9 Å². The van der Waals surface area contributed by atoms with E-state index in [1.807, 2.05) is 0 Å². The number of fused-ring (bicyclic) bond motifs is 2. The normalized spacial score (nSPS) is 14.4. The number of hydrogen-bond donors (Lipinski definition) is 0. The summed E-state index contributed by atoms with van der Waals surface area (Å²) < 4.78 is 13.7. The Balaban J connectivity index is 2.44. The molecule has 1 aromatic carbocycles. The summed E-state index contributed by atoms with van der Waals surface area (Å²) >= 11 is 0. The molecule has 3 rings (SSSR count). The van der Waals surface area contributed by atoms with Gasteiger partial charge in [-0.15, -0.1) is 0 Å². The van der Waals surface area contributed by atoms with E-state index in [2.05, 4.69) is 11.1 Å². The van der Waals surface area contributed by atoms with Gasteiger partial charge in [-0.3, -0.25) is 0 Å². The van der Waals surface area contributed by atoms with Crippen molar-refractivity contribution in [3.63, 3.8) is 0 Å². The summed E-state index contributed by atoms with van der Waals surface area (Å²) in [6.45, 7) is 0. The molecule has 1 aliphatic rings. The predicted molar refractivity (Wildman–Crippen MR) is 63.1 cm³/mol. The molecule has 0 saturated carbocycles. The molecule has 84 valence electrons. The first-order valence-electron chi connectivity index (χ1n) is 5.81. The Bertz CT molecular complexity index is 641. The summed E-state index contributed by atoms with van der Waals surface area (Å²) in [6.07, 6.45) is 3.90. The van der Waals surface area contributed by atoms with E-state index in [1.54, 1.807) is 12.1 Å². The number of para-hydroxylation sites is 1. The fraction of sp³-hybridized carbons (Fsp3) is 0.286. The monoisotopic (exact) mass is 226 g/mol. The number of pyridine rings is 1. The minimum absolute atomic E-state index is 0.338. The Morgan fingerprint density at radius 3 is 2.88 bits per heavy atom. The van der Waals surface area contributed by atoms with Gasteiger partial charge in [-0.05, 0) is 37.3 Å². The summed E-state index contributed by atoms with van der Waals surface area (Å²) in [5, 5.41) is 9.93. The van der Waals surface area contributed by atoms with Crippen LogP contribution in [0.2, 0.25) is 0 Å². The zero-order valence-electron chi connectivity index (χ0n) is 9.33. The van der Waals surface area contributed by atoms with Crippen LogP contribution in [0.5, 0.6) is 0 Å². The van der Waals surface area contributed by atoms with E-state index >= 15 is 0 Å². The van der Waals surface area contributed by atoms with Gasteiger partial charge < -0.3 is 0 Å². The summed E-state index contributed by atoms with van der Waals surface area (Å²) in [7, 11) is 0. The molecule has 0 bridgehead atoms. The van der Waals surface area contributed by atoms with Crippen molar-refractivity contribution in [3.05, 3.63) is 40.8 Å². The molecule has 0 unspecified atom stereocenters. The molecule has 1 aliphatic carbocycles. The van der Waals surface area contributed by atoms with Gasteiger partial charge in [-0.2, -0.15) is 5.26 Å².